The van der Waals surface area contributed by atoms with Gasteiger partial charge in [0.2, 0.25) is 0 Å². The fourth-order valence-electron chi connectivity index (χ4n) is 0.625. The third-order valence-electron chi connectivity index (χ3n) is 1.13. The fraction of sp³-hybridized carbons (Fsp3) is 0.857. The van der Waals surface area contributed by atoms with Crippen molar-refractivity contribution in [3.8, 4) is 0 Å². The lowest BCUT2D eigenvalue weighted by atomic mass is 10.3. The summed E-state index contributed by atoms with van der Waals surface area (Å²) in [6.45, 7) is 2.11. The van der Waals surface area contributed by atoms with Crippen LogP contribution < -0.4 is 0 Å². The summed E-state index contributed by atoms with van der Waals surface area (Å²) < 4.78 is 0. The fourth-order valence-corrected chi connectivity index (χ4v) is 1.32. The van der Waals surface area contributed by atoms with Crippen LogP contribution in [0.1, 0.15) is 26.2 Å². The summed E-state index contributed by atoms with van der Waals surface area (Å²) >= 11 is 1.87. The van der Waals surface area contributed by atoms with Crippen LogP contribution in [-0.4, -0.2) is 22.6 Å². The molecule has 0 spiro atoms. The van der Waals surface area contributed by atoms with Crippen LogP contribution >= 0.6 is 11.8 Å². The van der Waals surface area contributed by atoms with E-state index in [1.54, 1.807) is 0 Å². The minimum absolute atomic E-state index is 0.324. The molecule has 0 amide bonds. The maximum Gasteiger partial charge on any atom is 0.303 e. The lowest BCUT2D eigenvalue weighted by molar-refractivity contribution is -0.137. The van der Waals surface area contributed by atoms with Crippen molar-refractivity contribution in [1.82, 2.24) is 0 Å². The summed E-state index contributed by atoms with van der Waals surface area (Å²) in [6.07, 6.45) is 2.18. The SMILES string of the molecule is CCSCCCCC(=O)O. The number of carboxylic acid groups (broad SMARTS) is 1. The molecule has 10 heavy (non-hydrogen) atoms. The summed E-state index contributed by atoms with van der Waals surface area (Å²) in [4.78, 5) is 10.0. The molecule has 0 aliphatic heterocycles. The predicted molar refractivity (Wildman–Crippen MR) is 44.5 cm³/mol. The highest BCUT2D eigenvalue weighted by Gasteiger charge is 1.94. The van der Waals surface area contributed by atoms with E-state index in [0.29, 0.717) is 6.42 Å². The summed E-state index contributed by atoms with van der Waals surface area (Å²) in [6, 6.07) is 0. The zero-order chi connectivity index (χ0) is 7.82. The predicted octanol–water partition coefficient (Wildman–Crippen LogP) is 1.99. The summed E-state index contributed by atoms with van der Waals surface area (Å²) in [5, 5.41) is 8.26. The van der Waals surface area contributed by atoms with Crippen molar-refractivity contribution < 1.29 is 9.90 Å². The van der Waals surface area contributed by atoms with Gasteiger partial charge in [-0.1, -0.05) is 6.92 Å². The molecule has 0 heterocycles. The van der Waals surface area contributed by atoms with Crippen molar-refractivity contribution in [2.24, 2.45) is 0 Å². The van der Waals surface area contributed by atoms with Gasteiger partial charge in [0.15, 0.2) is 0 Å². The highest BCUT2D eigenvalue weighted by atomic mass is 32.2. The second-order valence-corrected chi connectivity index (χ2v) is 3.44. The average molecular weight is 162 g/mol. The smallest absolute Gasteiger partial charge is 0.303 e. The first-order valence-electron chi connectivity index (χ1n) is 3.57. The van der Waals surface area contributed by atoms with E-state index in [-0.39, 0.29) is 0 Å². The normalized spacial score (nSPS) is 9.70. The molecular formula is C7H14O2S. The van der Waals surface area contributed by atoms with Crippen LogP contribution in [0.5, 0.6) is 0 Å². The first-order valence-corrected chi connectivity index (χ1v) is 4.72. The molecule has 0 saturated carbocycles. The number of carbonyl (C=O) groups is 1. The Bertz CT molecular complexity index is 93.6. The van der Waals surface area contributed by atoms with Crippen molar-refractivity contribution in [3.05, 3.63) is 0 Å². The molecule has 2 nitrogen and oxygen atoms in total. The van der Waals surface area contributed by atoms with Gasteiger partial charge in [0, 0.05) is 6.42 Å². The average Bonchev–Trinajstić information content (AvgIpc) is 1.87. The molecular weight excluding hydrogens is 148 g/mol. The van der Waals surface area contributed by atoms with Crippen LogP contribution in [0.3, 0.4) is 0 Å². The van der Waals surface area contributed by atoms with E-state index in [0.717, 1.165) is 24.3 Å². The highest BCUT2D eigenvalue weighted by Crippen LogP contribution is 2.04. The zero-order valence-corrected chi connectivity index (χ0v) is 7.12. The van der Waals surface area contributed by atoms with Crippen LogP contribution in [0, 0.1) is 0 Å². The van der Waals surface area contributed by atoms with Crippen LogP contribution in [0.15, 0.2) is 0 Å². The monoisotopic (exact) mass is 162 g/mol. The molecule has 0 aromatic carbocycles. The molecule has 3 heteroatoms. The van der Waals surface area contributed by atoms with Gasteiger partial charge in [-0.25, -0.2) is 0 Å². The Balaban J connectivity index is 2.84. The van der Waals surface area contributed by atoms with E-state index in [9.17, 15) is 4.79 Å². The minimum atomic E-state index is -0.679. The van der Waals surface area contributed by atoms with Gasteiger partial charge in [0.05, 0.1) is 0 Å². The molecule has 0 atom stereocenters. The number of aliphatic carboxylic acids is 1. The van der Waals surface area contributed by atoms with Gasteiger partial charge < -0.3 is 5.11 Å². The van der Waals surface area contributed by atoms with Gasteiger partial charge in [0.25, 0.3) is 0 Å². The molecule has 0 aliphatic carbocycles. The van der Waals surface area contributed by atoms with Gasteiger partial charge in [0.1, 0.15) is 0 Å². The number of carboxylic acids is 1. The molecule has 0 bridgehead atoms. The quantitative estimate of drug-likeness (QED) is 0.607. The van der Waals surface area contributed by atoms with Crippen molar-refractivity contribution in [2.45, 2.75) is 26.2 Å². The molecule has 0 aromatic heterocycles. The maximum atomic E-state index is 10.0. The summed E-state index contributed by atoms with van der Waals surface area (Å²) in [7, 11) is 0. The highest BCUT2D eigenvalue weighted by molar-refractivity contribution is 7.99. The first kappa shape index (κ1) is 9.82. The standard InChI is InChI=1S/C7H14O2S/c1-2-10-6-4-3-5-7(8)9/h2-6H2,1H3,(H,8,9). The molecule has 0 fully saturated rings. The van der Waals surface area contributed by atoms with Gasteiger partial charge in [-0.05, 0) is 24.3 Å². The topological polar surface area (TPSA) is 37.3 Å². The van der Waals surface area contributed by atoms with Crippen molar-refractivity contribution >= 4 is 17.7 Å². The van der Waals surface area contributed by atoms with Crippen LogP contribution in [0.4, 0.5) is 0 Å². The number of thioether (sulfide) groups is 1. The Hall–Kier alpha value is -0.180. The molecule has 0 aliphatic rings. The Morgan fingerprint density at radius 3 is 2.70 bits per heavy atom. The van der Waals surface area contributed by atoms with Crippen molar-refractivity contribution in [3.63, 3.8) is 0 Å². The van der Waals surface area contributed by atoms with Gasteiger partial charge in [-0.2, -0.15) is 11.8 Å². The van der Waals surface area contributed by atoms with E-state index in [4.69, 9.17) is 5.11 Å². The Morgan fingerprint density at radius 2 is 2.20 bits per heavy atom. The van der Waals surface area contributed by atoms with Crippen LogP contribution in [0.25, 0.3) is 0 Å². The zero-order valence-electron chi connectivity index (χ0n) is 6.30. The van der Waals surface area contributed by atoms with E-state index in [1.165, 1.54) is 0 Å². The molecule has 0 radical (unpaired) electrons. The van der Waals surface area contributed by atoms with E-state index in [2.05, 4.69) is 6.92 Å². The largest absolute Gasteiger partial charge is 0.481 e. The molecule has 1 N–H and O–H groups in total. The third kappa shape index (κ3) is 7.82. The van der Waals surface area contributed by atoms with Crippen molar-refractivity contribution in [1.29, 1.82) is 0 Å². The van der Waals surface area contributed by atoms with Gasteiger partial charge in [-0.15, -0.1) is 0 Å². The van der Waals surface area contributed by atoms with E-state index < -0.39 is 5.97 Å². The number of rotatable bonds is 6. The minimum Gasteiger partial charge on any atom is -0.481 e. The Kier molecular flexibility index (Phi) is 6.81. The molecule has 0 aromatic rings. The van der Waals surface area contributed by atoms with Crippen LogP contribution in [-0.2, 0) is 4.79 Å². The van der Waals surface area contributed by atoms with Gasteiger partial charge in [-0.3, -0.25) is 4.79 Å². The number of hydrogen-bond donors (Lipinski definition) is 1. The van der Waals surface area contributed by atoms with E-state index in [1.807, 2.05) is 11.8 Å². The lowest BCUT2D eigenvalue weighted by Gasteiger charge is -1.95. The summed E-state index contributed by atoms with van der Waals surface area (Å²) in [5.74, 6) is 1.55. The Labute approximate surface area is 66.0 Å². The molecule has 0 saturated heterocycles. The maximum absolute atomic E-state index is 10.0. The van der Waals surface area contributed by atoms with Crippen molar-refractivity contribution in [2.75, 3.05) is 11.5 Å². The van der Waals surface area contributed by atoms with Crippen LogP contribution in [0.2, 0.25) is 0 Å². The molecule has 0 unspecified atom stereocenters. The number of unbranched alkanes of at least 4 members (excludes halogenated alkanes) is 1. The second kappa shape index (κ2) is 6.93. The number of hydrogen-bond acceptors (Lipinski definition) is 2. The van der Waals surface area contributed by atoms with E-state index >= 15 is 0 Å². The first-order chi connectivity index (χ1) is 4.77. The summed E-state index contributed by atoms with van der Waals surface area (Å²) in [5.41, 5.74) is 0. The lowest BCUT2D eigenvalue weighted by Crippen LogP contribution is -1.94. The molecule has 60 valence electrons. The Morgan fingerprint density at radius 1 is 1.50 bits per heavy atom. The third-order valence-corrected chi connectivity index (χ3v) is 2.12. The second-order valence-electron chi connectivity index (χ2n) is 2.05. The van der Waals surface area contributed by atoms with Gasteiger partial charge >= 0.3 is 5.97 Å². The molecule has 0 rings (SSSR count).